The van der Waals surface area contributed by atoms with Crippen LogP contribution in [0.15, 0.2) is 37.2 Å². The summed E-state index contributed by atoms with van der Waals surface area (Å²) in [7, 11) is 0. The third-order valence-corrected chi connectivity index (χ3v) is 3.98. The molecule has 3 rings (SSSR count). The first-order valence-corrected chi connectivity index (χ1v) is 7.25. The van der Waals surface area contributed by atoms with Crippen molar-refractivity contribution < 1.29 is 9.50 Å². The molecule has 1 aromatic heterocycles. The topological polar surface area (TPSA) is 46.0 Å². The lowest BCUT2D eigenvalue weighted by molar-refractivity contribution is 0.510. The summed E-state index contributed by atoms with van der Waals surface area (Å²) in [6.07, 6.45) is 5.94. The number of aromatic nitrogens is 2. The van der Waals surface area contributed by atoms with Gasteiger partial charge < -0.3 is 5.11 Å². The van der Waals surface area contributed by atoms with Crippen molar-refractivity contribution in [2.75, 3.05) is 0 Å². The molecule has 2 aromatic rings. The number of nitrogens with zero attached hydrogens (tertiary/aromatic N) is 2. The molecule has 0 amide bonds. The minimum absolute atomic E-state index is 0.101. The van der Waals surface area contributed by atoms with Gasteiger partial charge in [0.05, 0.1) is 18.1 Å². The number of aliphatic hydroxyl groups is 1. The van der Waals surface area contributed by atoms with Gasteiger partial charge in [-0.2, -0.15) is 0 Å². The summed E-state index contributed by atoms with van der Waals surface area (Å²) in [5.74, 6) is -0.334. The average molecular weight is 296 g/mol. The Morgan fingerprint density at radius 1 is 1.23 bits per heavy atom. The predicted molar refractivity (Wildman–Crippen MR) is 85.5 cm³/mol. The molecule has 0 bridgehead atoms. The van der Waals surface area contributed by atoms with Crippen LogP contribution in [-0.4, -0.2) is 15.1 Å². The van der Waals surface area contributed by atoms with E-state index in [1.807, 2.05) is 6.92 Å². The van der Waals surface area contributed by atoms with Gasteiger partial charge in [0, 0.05) is 0 Å². The van der Waals surface area contributed by atoms with Crippen LogP contribution in [0.4, 0.5) is 4.39 Å². The summed E-state index contributed by atoms with van der Waals surface area (Å²) in [5.41, 5.74) is 5.27. The minimum atomic E-state index is -0.233. The highest BCUT2D eigenvalue weighted by Crippen LogP contribution is 2.40. The highest BCUT2D eigenvalue weighted by atomic mass is 19.1. The lowest BCUT2D eigenvalue weighted by atomic mass is 9.96. The maximum atomic E-state index is 13.6. The summed E-state index contributed by atoms with van der Waals surface area (Å²) in [6.45, 7) is 5.46. The van der Waals surface area contributed by atoms with Gasteiger partial charge in [0.1, 0.15) is 17.3 Å². The number of rotatable bonds is 3. The molecule has 0 unspecified atom stereocenters. The van der Waals surface area contributed by atoms with Crippen LogP contribution in [0.5, 0.6) is 0 Å². The van der Waals surface area contributed by atoms with Crippen molar-refractivity contribution in [1.82, 2.24) is 9.97 Å². The molecule has 1 aliphatic carbocycles. The van der Waals surface area contributed by atoms with E-state index in [-0.39, 0.29) is 11.6 Å². The fourth-order valence-electron chi connectivity index (χ4n) is 2.89. The van der Waals surface area contributed by atoms with Gasteiger partial charge in [-0.15, -0.1) is 0 Å². The minimum Gasteiger partial charge on any atom is -0.506 e. The van der Waals surface area contributed by atoms with E-state index in [2.05, 4.69) is 16.5 Å². The number of aliphatic hydroxyl groups excluding tert-OH is 1. The zero-order valence-corrected chi connectivity index (χ0v) is 12.4. The van der Waals surface area contributed by atoms with E-state index >= 15 is 0 Å². The molecule has 0 atom stereocenters. The molecule has 4 heteroatoms. The fraction of sp³-hybridized carbons (Fsp3) is 0.222. The smallest absolute Gasteiger partial charge is 0.135 e. The summed E-state index contributed by atoms with van der Waals surface area (Å²) in [5, 5.41) is 9.49. The SMILES string of the molecule is C=C(O)c1cncc(C2=C(c3cc(F)ccc3C)CCC2)n1. The molecule has 22 heavy (non-hydrogen) atoms. The lowest BCUT2D eigenvalue weighted by Crippen LogP contribution is -1.97. The number of aryl methyl sites for hydroxylation is 1. The first-order chi connectivity index (χ1) is 10.6. The summed E-state index contributed by atoms with van der Waals surface area (Å²) < 4.78 is 13.6. The Hall–Kier alpha value is -2.49. The van der Waals surface area contributed by atoms with Crippen LogP contribution in [0.25, 0.3) is 16.9 Å². The lowest BCUT2D eigenvalue weighted by Gasteiger charge is -2.11. The van der Waals surface area contributed by atoms with Gasteiger partial charge in [-0.3, -0.25) is 4.98 Å². The second-order valence-corrected chi connectivity index (χ2v) is 5.51. The van der Waals surface area contributed by atoms with Gasteiger partial charge >= 0.3 is 0 Å². The number of allylic oxidation sites excluding steroid dienone is 2. The van der Waals surface area contributed by atoms with E-state index in [0.29, 0.717) is 5.69 Å². The van der Waals surface area contributed by atoms with E-state index in [1.165, 1.54) is 12.3 Å². The van der Waals surface area contributed by atoms with Crippen LogP contribution in [0.2, 0.25) is 0 Å². The van der Waals surface area contributed by atoms with E-state index in [1.54, 1.807) is 18.3 Å². The summed E-state index contributed by atoms with van der Waals surface area (Å²) in [4.78, 5) is 8.55. The van der Waals surface area contributed by atoms with Crippen molar-refractivity contribution in [2.45, 2.75) is 26.2 Å². The van der Waals surface area contributed by atoms with Crippen LogP contribution in [0.1, 0.15) is 41.8 Å². The number of hydrogen-bond donors (Lipinski definition) is 1. The Morgan fingerprint density at radius 2 is 2.00 bits per heavy atom. The van der Waals surface area contributed by atoms with E-state index in [9.17, 15) is 9.50 Å². The average Bonchev–Trinajstić information content (AvgIpc) is 2.99. The van der Waals surface area contributed by atoms with Crippen molar-refractivity contribution in [1.29, 1.82) is 0 Å². The third-order valence-electron chi connectivity index (χ3n) is 3.98. The van der Waals surface area contributed by atoms with E-state index in [4.69, 9.17) is 0 Å². The standard InChI is InChI=1S/C18H17FN2O/c1-11-6-7-13(19)8-16(11)14-4-3-5-15(14)18-10-20-9-17(21-18)12(2)22/h6-10,22H,2-5H2,1H3. The largest absolute Gasteiger partial charge is 0.506 e. The molecule has 0 aliphatic heterocycles. The molecule has 1 N–H and O–H groups in total. The van der Waals surface area contributed by atoms with Crippen LogP contribution >= 0.6 is 0 Å². The second-order valence-electron chi connectivity index (χ2n) is 5.51. The molecule has 0 saturated heterocycles. The Balaban J connectivity index is 2.13. The van der Waals surface area contributed by atoms with Gasteiger partial charge in [-0.05, 0) is 60.6 Å². The molecule has 0 saturated carbocycles. The van der Waals surface area contributed by atoms with Gasteiger partial charge in [0.25, 0.3) is 0 Å². The van der Waals surface area contributed by atoms with Crippen LogP contribution in [0, 0.1) is 12.7 Å². The van der Waals surface area contributed by atoms with Crippen molar-refractivity contribution in [3.8, 4) is 0 Å². The van der Waals surface area contributed by atoms with Crippen molar-refractivity contribution >= 4 is 16.9 Å². The normalized spacial score (nSPS) is 14.5. The van der Waals surface area contributed by atoms with Gasteiger partial charge in [-0.1, -0.05) is 12.6 Å². The Morgan fingerprint density at radius 3 is 2.77 bits per heavy atom. The van der Waals surface area contributed by atoms with E-state index in [0.717, 1.165) is 47.2 Å². The summed E-state index contributed by atoms with van der Waals surface area (Å²) in [6, 6.07) is 4.85. The molecule has 112 valence electrons. The first-order valence-electron chi connectivity index (χ1n) is 7.25. The highest BCUT2D eigenvalue weighted by Gasteiger charge is 2.21. The highest BCUT2D eigenvalue weighted by molar-refractivity contribution is 5.92. The van der Waals surface area contributed by atoms with Gasteiger partial charge in [0.2, 0.25) is 0 Å². The predicted octanol–water partition coefficient (Wildman–Crippen LogP) is 4.55. The first kappa shape index (κ1) is 14.4. The molecular formula is C18H17FN2O. The van der Waals surface area contributed by atoms with Crippen molar-refractivity contribution in [2.24, 2.45) is 0 Å². The Bertz CT molecular complexity index is 780. The maximum Gasteiger partial charge on any atom is 0.135 e. The second kappa shape index (κ2) is 5.72. The molecule has 0 spiro atoms. The Labute approximate surface area is 128 Å². The molecular weight excluding hydrogens is 279 g/mol. The fourth-order valence-corrected chi connectivity index (χ4v) is 2.89. The van der Waals surface area contributed by atoms with Crippen LogP contribution < -0.4 is 0 Å². The Kier molecular flexibility index (Phi) is 3.75. The molecule has 3 nitrogen and oxygen atoms in total. The molecule has 0 radical (unpaired) electrons. The monoisotopic (exact) mass is 296 g/mol. The third kappa shape index (κ3) is 2.64. The van der Waals surface area contributed by atoms with Crippen molar-refractivity contribution in [3.63, 3.8) is 0 Å². The molecule has 1 aromatic carbocycles. The molecule has 0 fully saturated rings. The molecule has 1 aliphatic rings. The van der Waals surface area contributed by atoms with E-state index < -0.39 is 0 Å². The summed E-state index contributed by atoms with van der Waals surface area (Å²) >= 11 is 0. The number of halogens is 1. The van der Waals surface area contributed by atoms with Gasteiger partial charge in [0.15, 0.2) is 0 Å². The molecule has 1 heterocycles. The maximum absolute atomic E-state index is 13.6. The van der Waals surface area contributed by atoms with Crippen LogP contribution in [0.3, 0.4) is 0 Å². The van der Waals surface area contributed by atoms with Crippen molar-refractivity contribution in [3.05, 3.63) is 65.5 Å². The zero-order valence-electron chi connectivity index (χ0n) is 12.4. The van der Waals surface area contributed by atoms with Crippen LogP contribution in [-0.2, 0) is 0 Å². The number of hydrogen-bond acceptors (Lipinski definition) is 3. The number of benzene rings is 1. The quantitative estimate of drug-likeness (QED) is 0.845. The zero-order chi connectivity index (χ0) is 15.7. The van der Waals surface area contributed by atoms with Gasteiger partial charge in [-0.25, -0.2) is 9.37 Å².